The van der Waals surface area contributed by atoms with Crippen molar-refractivity contribution in [2.45, 2.75) is 18.3 Å². The van der Waals surface area contributed by atoms with Crippen molar-refractivity contribution in [1.29, 1.82) is 0 Å². The zero-order valence-corrected chi connectivity index (χ0v) is 9.06. The van der Waals surface area contributed by atoms with Gasteiger partial charge in [-0.05, 0) is 0 Å². The molecule has 0 aromatic carbocycles. The minimum Gasteiger partial charge on any atom is -0.547 e. The number of hydrogen-bond acceptors (Lipinski definition) is 8. The molecule has 100 valence electrons. The fraction of sp³-hybridized carbons (Fsp3) is 0.667. The van der Waals surface area contributed by atoms with Crippen LogP contribution in [0.1, 0.15) is 0 Å². The smallest absolute Gasteiger partial charge is 0.469 e. The number of aliphatic carboxylic acids is 1. The van der Waals surface area contributed by atoms with Crippen molar-refractivity contribution in [2.24, 2.45) is 0 Å². The molecule has 0 aromatic rings. The largest absolute Gasteiger partial charge is 0.547 e. The molecule has 0 aliphatic heterocycles. The number of carboxylic acid groups (broad SMARTS) is 1. The number of carbonyl (C=O) groups is 2. The summed E-state index contributed by atoms with van der Waals surface area (Å²) in [4.78, 5) is 37.5. The van der Waals surface area contributed by atoms with E-state index in [-0.39, 0.29) is 0 Å². The molecule has 0 radical (unpaired) electrons. The topological polar surface area (TPSA) is 185 Å². The predicted octanol–water partition coefficient (Wildman–Crippen LogP) is -4.50. The summed E-state index contributed by atoms with van der Waals surface area (Å²) in [5.74, 6) is -3.87. The summed E-state index contributed by atoms with van der Waals surface area (Å²) in [7, 11) is -4.91. The fourth-order valence-corrected chi connectivity index (χ4v) is 1.08. The first-order valence-corrected chi connectivity index (χ1v) is 5.58. The number of ketones is 1. The Morgan fingerprint density at radius 3 is 2.06 bits per heavy atom. The molecule has 5 N–H and O–H groups in total. The Hall–Kier alpha value is -0.870. The van der Waals surface area contributed by atoms with Gasteiger partial charge in [0, 0.05) is 0 Å². The van der Waals surface area contributed by atoms with Gasteiger partial charge in [0.25, 0.3) is 0 Å². The van der Waals surface area contributed by atoms with Crippen LogP contribution in [-0.4, -0.2) is 61.8 Å². The molecule has 0 bridgehead atoms. The summed E-state index contributed by atoms with van der Waals surface area (Å²) in [5.41, 5.74) is 0. The van der Waals surface area contributed by atoms with Crippen molar-refractivity contribution in [3.63, 3.8) is 0 Å². The third kappa shape index (κ3) is 5.84. The molecule has 0 amide bonds. The molecule has 0 fully saturated rings. The van der Waals surface area contributed by atoms with E-state index in [1.165, 1.54) is 0 Å². The van der Waals surface area contributed by atoms with Crippen molar-refractivity contribution >= 4 is 19.6 Å². The maximum absolute atomic E-state index is 10.9. The maximum Gasteiger partial charge on any atom is 0.469 e. The number of phosphoric acid groups is 1. The van der Waals surface area contributed by atoms with Gasteiger partial charge in [0.2, 0.25) is 0 Å². The molecular weight excluding hydrogens is 263 g/mol. The summed E-state index contributed by atoms with van der Waals surface area (Å²) >= 11 is 0. The Morgan fingerprint density at radius 1 is 1.24 bits per heavy atom. The molecule has 0 saturated carbocycles. The molecule has 0 unspecified atom stereocenters. The second-order valence-corrected chi connectivity index (χ2v) is 4.16. The fourth-order valence-electron chi connectivity index (χ4n) is 0.732. The zero-order chi connectivity index (χ0) is 13.8. The highest BCUT2D eigenvalue weighted by atomic mass is 31.2. The van der Waals surface area contributed by atoms with E-state index in [0.717, 1.165) is 0 Å². The first-order chi connectivity index (χ1) is 7.56. The number of hydrogen-bond donors (Lipinski definition) is 5. The number of rotatable bonds is 7. The average molecular weight is 273 g/mol. The number of aliphatic hydroxyl groups is 3. The van der Waals surface area contributed by atoms with Crippen LogP contribution in [0.3, 0.4) is 0 Å². The van der Waals surface area contributed by atoms with Gasteiger partial charge < -0.3 is 35.0 Å². The van der Waals surface area contributed by atoms with E-state index in [2.05, 4.69) is 4.52 Å². The summed E-state index contributed by atoms with van der Waals surface area (Å²) < 4.78 is 14.0. The second kappa shape index (κ2) is 6.17. The van der Waals surface area contributed by atoms with Gasteiger partial charge in [-0.2, -0.15) is 0 Å². The second-order valence-electron chi connectivity index (χ2n) is 2.92. The number of carboxylic acids is 1. The Bertz CT molecular complexity index is 334. The third-order valence-corrected chi connectivity index (χ3v) is 2.05. The van der Waals surface area contributed by atoms with Crippen LogP contribution in [0.15, 0.2) is 0 Å². The van der Waals surface area contributed by atoms with Crippen molar-refractivity contribution in [3.8, 4) is 0 Å². The minimum absolute atomic E-state index is 1.13. The molecule has 0 saturated heterocycles. The first kappa shape index (κ1) is 16.1. The van der Waals surface area contributed by atoms with Crippen LogP contribution in [-0.2, 0) is 18.7 Å². The number of Topliss-reactive ketones (excluding diaryl/α,β-unsaturated/α-hetero) is 1. The van der Waals surface area contributed by atoms with Crippen LogP contribution in [0.2, 0.25) is 0 Å². The van der Waals surface area contributed by atoms with E-state index in [9.17, 15) is 19.3 Å². The highest BCUT2D eigenvalue weighted by Crippen LogP contribution is 2.35. The zero-order valence-electron chi connectivity index (χ0n) is 8.16. The molecule has 3 atom stereocenters. The average Bonchev–Trinajstić information content (AvgIpc) is 2.21. The number of carbonyl (C=O) groups excluding carboxylic acids is 2. The van der Waals surface area contributed by atoms with Gasteiger partial charge >= 0.3 is 7.82 Å². The Kier molecular flexibility index (Phi) is 5.85. The SMILES string of the molecule is O=C([O-])[C@@H](O)C(=O)[C@H](O)[C@@H](O)COP(=O)(O)O. The first-order valence-electron chi connectivity index (χ1n) is 4.05. The van der Waals surface area contributed by atoms with Gasteiger partial charge in [0.15, 0.2) is 11.9 Å². The lowest BCUT2D eigenvalue weighted by Gasteiger charge is -2.19. The molecule has 0 aliphatic rings. The molecule has 0 spiro atoms. The van der Waals surface area contributed by atoms with Gasteiger partial charge in [-0.25, -0.2) is 4.57 Å². The molecule has 0 aromatic heterocycles. The lowest BCUT2D eigenvalue weighted by Crippen LogP contribution is -2.49. The van der Waals surface area contributed by atoms with E-state index in [0.29, 0.717) is 0 Å². The molecule has 17 heavy (non-hydrogen) atoms. The van der Waals surface area contributed by atoms with Crippen LogP contribution in [0.25, 0.3) is 0 Å². The monoisotopic (exact) mass is 273 g/mol. The van der Waals surface area contributed by atoms with Gasteiger partial charge in [0.1, 0.15) is 12.2 Å². The van der Waals surface area contributed by atoms with Gasteiger partial charge in [-0.3, -0.25) is 9.32 Å². The maximum atomic E-state index is 10.9. The van der Waals surface area contributed by atoms with Gasteiger partial charge in [-0.15, -0.1) is 0 Å². The Labute approximate surface area is 94.3 Å². The standard InChI is InChI=1S/C6H11O10P/c7-2(1-16-17(13,14)15)3(8)4(9)5(10)6(11)12/h2-3,5,7-8,10H,1H2,(H,11,12)(H2,13,14,15)/p-1/t2-,3+,5-/m0/s1. The number of aliphatic hydroxyl groups excluding tert-OH is 3. The summed E-state index contributed by atoms with van der Waals surface area (Å²) in [5, 5.41) is 36.8. The Morgan fingerprint density at radius 2 is 1.71 bits per heavy atom. The summed E-state index contributed by atoms with van der Waals surface area (Å²) in [6.07, 6.45) is -7.15. The lowest BCUT2D eigenvalue weighted by molar-refractivity contribution is -0.313. The molecule has 0 aliphatic carbocycles. The van der Waals surface area contributed by atoms with Gasteiger partial charge in [0.05, 0.1) is 12.6 Å². The van der Waals surface area contributed by atoms with E-state index in [1.54, 1.807) is 0 Å². The van der Waals surface area contributed by atoms with E-state index < -0.39 is 44.5 Å². The van der Waals surface area contributed by atoms with Crippen molar-refractivity contribution < 1.29 is 48.9 Å². The van der Waals surface area contributed by atoms with Crippen molar-refractivity contribution in [2.75, 3.05) is 6.61 Å². The van der Waals surface area contributed by atoms with E-state index in [1.807, 2.05) is 0 Å². The normalized spacial score (nSPS) is 17.2. The van der Waals surface area contributed by atoms with E-state index >= 15 is 0 Å². The molecule has 0 rings (SSSR count). The highest BCUT2D eigenvalue weighted by molar-refractivity contribution is 7.46. The molecule has 10 nitrogen and oxygen atoms in total. The predicted molar refractivity (Wildman–Crippen MR) is 46.0 cm³/mol. The summed E-state index contributed by atoms with van der Waals surface area (Å²) in [6.45, 7) is -1.13. The molecule has 11 heteroatoms. The van der Waals surface area contributed by atoms with Crippen LogP contribution in [0.4, 0.5) is 0 Å². The molecule has 0 heterocycles. The van der Waals surface area contributed by atoms with Crippen LogP contribution >= 0.6 is 7.82 Å². The quantitative estimate of drug-likeness (QED) is 0.223. The molecular formula is C6H10O10P-. The van der Waals surface area contributed by atoms with E-state index in [4.69, 9.17) is 25.1 Å². The van der Waals surface area contributed by atoms with Crippen LogP contribution in [0, 0.1) is 0 Å². The minimum atomic E-state index is -4.91. The highest BCUT2D eigenvalue weighted by Gasteiger charge is 2.31. The number of phosphoric ester groups is 1. The summed E-state index contributed by atoms with van der Waals surface area (Å²) in [6, 6.07) is 0. The van der Waals surface area contributed by atoms with Gasteiger partial charge in [-0.1, -0.05) is 0 Å². The van der Waals surface area contributed by atoms with Crippen LogP contribution < -0.4 is 5.11 Å². The Balaban J connectivity index is 4.40. The van der Waals surface area contributed by atoms with Crippen LogP contribution in [0.5, 0.6) is 0 Å². The lowest BCUT2D eigenvalue weighted by atomic mass is 10.1. The van der Waals surface area contributed by atoms with Crippen molar-refractivity contribution in [1.82, 2.24) is 0 Å². The third-order valence-electron chi connectivity index (χ3n) is 1.56. The van der Waals surface area contributed by atoms with Crippen molar-refractivity contribution in [3.05, 3.63) is 0 Å².